The van der Waals surface area contributed by atoms with Crippen molar-refractivity contribution in [2.75, 3.05) is 0 Å². The van der Waals surface area contributed by atoms with E-state index < -0.39 is 0 Å². The van der Waals surface area contributed by atoms with E-state index >= 15 is 0 Å². The summed E-state index contributed by atoms with van der Waals surface area (Å²) in [6.07, 6.45) is 5.32. The monoisotopic (exact) mass is 223 g/mol. The Morgan fingerprint density at radius 1 is 1.12 bits per heavy atom. The minimum atomic E-state index is -0.185. The fourth-order valence-corrected chi connectivity index (χ4v) is 2.35. The van der Waals surface area contributed by atoms with Crippen LogP contribution in [-0.4, -0.2) is 0 Å². The molecule has 0 nitrogen and oxygen atoms in total. The first kappa shape index (κ1) is 10.3. The lowest BCUT2D eigenvalue weighted by molar-refractivity contribution is 0.627. The minimum absolute atomic E-state index is 0.185. The Bertz CT molecular complexity index is 552. The molecule has 0 N–H and O–H groups in total. The standard InChI is InChI=1S/C16H12F/c17-14-10-8-13(9-11-14)16-7-3-5-12-4-1-2-6-15(12)16/h2-4,6-11,16H,5H2. The first-order chi connectivity index (χ1) is 8.34. The first-order valence-electron chi connectivity index (χ1n) is 5.75. The summed E-state index contributed by atoms with van der Waals surface area (Å²) in [5.41, 5.74) is 3.75. The van der Waals surface area contributed by atoms with Crippen LogP contribution in [-0.2, 0) is 6.42 Å². The van der Waals surface area contributed by atoms with Crippen LogP contribution in [0.15, 0.2) is 54.6 Å². The smallest absolute Gasteiger partial charge is 0.123 e. The quantitative estimate of drug-likeness (QED) is 0.644. The highest BCUT2D eigenvalue weighted by Gasteiger charge is 2.17. The molecule has 1 atom stereocenters. The number of allylic oxidation sites excluding steroid dienone is 2. The van der Waals surface area contributed by atoms with Gasteiger partial charge >= 0.3 is 0 Å². The van der Waals surface area contributed by atoms with Crippen LogP contribution in [0.1, 0.15) is 22.6 Å². The van der Waals surface area contributed by atoms with E-state index in [1.807, 2.05) is 24.3 Å². The zero-order valence-corrected chi connectivity index (χ0v) is 9.36. The molecular formula is C16H12F. The first-order valence-corrected chi connectivity index (χ1v) is 5.75. The summed E-state index contributed by atoms with van der Waals surface area (Å²) in [6.45, 7) is 0. The van der Waals surface area contributed by atoms with Gasteiger partial charge in [-0.3, -0.25) is 0 Å². The van der Waals surface area contributed by atoms with Crippen LogP contribution < -0.4 is 0 Å². The van der Waals surface area contributed by atoms with Crippen LogP contribution in [0, 0.1) is 11.9 Å². The Kier molecular flexibility index (Phi) is 2.52. The van der Waals surface area contributed by atoms with Crippen LogP contribution in [0.4, 0.5) is 4.39 Å². The third kappa shape index (κ3) is 1.89. The fourth-order valence-electron chi connectivity index (χ4n) is 2.35. The fraction of sp³-hybridized carbons (Fsp3) is 0.125. The lowest BCUT2D eigenvalue weighted by atomic mass is 9.83. The Morgan fingerprint density at radius 3 is 2.76 bits per heavy atom. The molecule has 0 saturated carbocycles. The number of hydrogen-bond donors (Lipinski definition) is 0. The van der Waals surface area contributed by atoms with Gasteiger partial charge in [0, 0.05) is 5.92 Å². The van der Waals surface area contributed by atoms with Crippen LogP contribution in [0.25, 0.3) is 0 Å². The molecule has 1 aliphatic rings. The summed E-state index contributed by atoms with van der Waals surface area (Å²) in [4.78, 5) is 0. The summed E-state index contributed by atoms with van der Waals surface area (Å²) in [5, 5.41) is 0. The van der Waals surface area contributed by atoms with Crippen LogP contribution in [0.3, 0.4) is 0 Å². The Hall–Kier alpha value is -1.89. The highest BCUT2D eigenvalue weighted by Crippen LogP contribution is 2.32. The molecule has 0 spiro atoms. The maximum atomic E-state index is 12.9. The lowest BCUT2D eigenvalue weighted by Gasteiger charge is -2.21. The van der Waals surface area contributed by atoms with Gasteiger partial charge in [-0.1, -0.05) is 42.5 Å². The predicted octanol–water partition coefficient (Wildman–Crippen LogP) is 3.87. The summed E-state index contributed by atoms with van der Waals surface area (Å²) in [5.74, 6) is 0.0594. The number of hydrogen-bond acceptors (Lipinski definition) is 0. The molecule has 3 rings (SSSR count). The van der Waals surface area contributed by atoms with Crippen molar-refractivity contribution in [3.05, 3.63) is 83.2 Å². The summed E-state index contributed by atoms with van der Waals surface area (Å²) in [7, 11) is 0. The van der Waals surface area contributed by atoms with Gasteiger partial charge in [-0.15, -0.1) is 0 Å². The van der Waals surface area contributed by atoms with E-state index in [2.05, 4.69) is 24.3 Å². The molecule has 2 aromatic rings. The maximum absolute atomic E-state index is 12.9. The van der Waals surface area contributed by atoms with E-state index in [1.54, 1.807) is 0 Å². The molecule has 0 aromatic heterocycles. The van der Waals surface area contributed by atoms with E-state index in [4.69, 9.17) is 0 Å². The Balaban J connectivity index is 2.06. The average Bonchev–Trinajstić information content (AvgIpc) is 2.39. The molecule has 1 aliphatic carbocycles. The second-order valence-electron chi connectivity index (χ2n) is 4.29. The second kappa shape index (κ2) is 4.17. The van der Waals surface area contributed by atoms with Crippen molar-refractivity contribution in [1.29, 1.82) is 0 Å². The van der Waals surface area contributed by atoms with Crippen molar-refractivity contribution in [2.24, 2.45) is 0 Å². The highest BCUT2D eigenvalue weighted by molar-refractivity contribution is 5.44. The highest BCUT2D eigenvalue weighted by atomic mass is 19.1. The van der Waals surface area contributed by atoms with Crippen LogP contribution >= 0.6 is 0 Å². The van der Waals surface area contributed by atoms with Crippen molar-refractivity contribution in [1.82, 2.24) is 0 Å². The third-order valence-electron chi connectivity index (χ3n) is 3.22. The molecule has 1 radical (unpaired) electrons. The topological polar surface area (TPSA) is 0 Å². The number of rotatable bonds is 1. The van der Waals surface area contributed by atoms with Crippen LogP contribution in [0.5, 0.6) is 0 Å². The lowest BCUT2D eigenvalue weighted by Crippen LogP contribution is -2.06. The molecule has 1 unspecified atom stereocenters. The molecule has 0 amide bonds. The van der Waals surface area contributed by atoms with Gasteiger partial charge in [-0.2, -0.15) is 0 Å². The Morgan fingerprint density at radius 2 is 1.94 bits per heavy atom. The largest absolute Gasteiger partial charge is 0.207 e. The zero-order valence-electron chi connectivity index (χ0n) is 9.36. The molecule has 17 heavy (non-hydrogen) atoms. The molecule has 0 aliphatic heterocycles. The van der Waals surface area contributed by atoms with Crippen LogP contribution in [0.2, 0.25) is 0 Å². The summed E-state index contributed by atoms with van der Waals surface area (Å²) >= 11 is 0. The van der Waals surface area contributed by atoms with Crippen molar-refractivity contribution in [3.63, 3.8) is 0 Å². The zero-order chi connectivity index (χ0) is 11.7. The average molecular weight is 223 g/mol. The molecule has 0 fully saturated rings. The van der Waals surface area contributed by atoms with Gasteiger partial charge in [-0.05, 0) is 41.3 Å². The van der Waals surface area contributed by atoms with E-state index in [0.29, 0.717) is 0 Å². The van der Waals surface area contributed by atoms with Crippen molar-refractivity contribution in [3.8, 4) is 0 Å². The number of fused-ring (bicyclic) bond motifs is 1. The minimum Gasteiger partial charge on any atom is -0.207 e. The summed E-state index contributed by atoms with van der Waals surface area (Å²) in [6, 6.07) is 15.9. The van der Waals surface area contributed by atoms with Gasteiger partial charge in [-0.25, -0.2) is 4.39 Å². The van der Waals surface area contributed by atoms with Crippen molar-refractivity contribution >= 4 is 0 Å². The maximum Gasteiger partial charge on any atom is 0.123 e. The van der Waals surface area contributed by atoms with Gasteiger partial charge in [0.15, 0.2) is 0 Å². The van der Waals surface area contributed by atoms with E-state index in [1.165, 1.54) is 23.3 Å². The van der Waals surface area contributed by atoms with Crippen molar-refractivity contribution < 1.29 is 4.39 Å². The molecule has 0 saturated heterocycles. The predicted molar refractivity (Wildman–Crippen MR) is 66.4 cm³/mol. The van der Waals surface area contributed by atoms with E-state index in [-0.39, 0.29) is 11.7 Å². The molecule has 83 valence electrons. The van der Waals surface area contributed by atoms with Gasteiger partial charge in [0.25, 0.3) is 0 Å². The number of benzene rings is 2. The molecular weight excluding hydrogens is 211 g/mol. The van der Waals surface area contributed by atoms with E-state index in [9.17, 15) is 4.39 Å². The van der Waals surface area contributed by atoms with E-state index in [0.717, 1.165) is 12.0 Å². The SMILES string of the molecule is Fc1ccc(C2C=CCc3c[c]ccc32)cc1. The van der Waals surface area contributed by atoms with Gasteiger partial charge < -0.3 is 0 Å². The third-order valence-corrected chi connectivity index (χ3v) is 3.22. The molecule has 2 aromatic carbocycles. The van der Waals surface area contributed by atoms with Gasteiger partial charge in [0.2, 0.25) is 0 Å². The van der Waals surface area contributed by atoms with Gasteiger partial charge in [0.05, 0.1) is 0 Å². The van der Waals surface area contributed by atoms with Gasteiger partial charge in [0.1, 0.15) is 5.82 Å². The summed E-state index contributed by atoms with van der Waals surface area (Å²) < 4.78 is 12.9. The second-order valence-corrected chi connectivity index (χ2v) is 4.29. The normalized spacial score (nSPS) is 17.8. The molecule has 0 heterocycles. The Labute approximate surface area is 100 Å². The molecule has 0 bridgehead atoms. The molecule has 1 heteroatoms. The van der Waals surface area contributed by atoms with Crippen molar-refractivity contribution in [2.45, 2.75) is 12.3 Å². The number of halogens is 1.